The van der Waals surface area contributed by atoms with Gasteiger partial charge in [0.1, 0.15) is 0 Å². The Morgan fingerprint density at radius 3 is 3.05 bits per heavy atom. The first-order chi connectivity index (χ1) is 9.33. The van der Waals surface area contributed by atoms with Gasteiger partial charge in [0.05, 0.1) is 17.4 Å². The molecule has 0 radical (unpaired) electrons. The molecule has 1 unspecified atom stereocenters. The lowest BCUT2D eigenvalue weighted by Gasteiger charge is -2.15. The van der Waals surface area contributed by atoms with Gasteiger partial charge in [-0.15, -0.1) is 0 Å². The van der Waals surface area contributed by atoms with Crippen LogP contribution >= 0.6 is 0 Å². The highest BCUT2D eigenvalue weighted by Gasteiger charge is 2.08. The van der Waals surface area contributed by atoms with Crippen molar-refractivity contribution in [2.45, 2.75) is 26.3 Å². The number of benzene rings is 1. The van der Waals surface area contributed by atoms with E-state index >= 15 is 0 Å². The average Bonchev–Trinajstić information content (AvgIpc) is 2.86. The summed E-state index contributed by atoms with van der Waals surface area (Å²) in [4.78, 5) is 4.42. The van der Waals surface area contributed by atoms with Gasteiger partial charge in [-0.1, -0.05) is 12.1 Å². The van der Waals surface area contributed by atoms with Crippen LogP contribution in [0, 0.1) is 0 Å². The zero-order valence-electron chi connectivity index (χ0n) is 11.8. The van der Waals surface area contributed by atoms with Gasteiger partial charge in [0.2, 0.25) is 0 Å². The minimum absolute atomic E-state index is 0.402. The number of para-hydroxylation sites is 2. The standard InChI is InChI=1S/C15H23N3O/c1-3-19-10-6-9-16-11-13(2)18-12-17-14-7-4-5-8-15(14)18/h4-5,7-8,12-13,16H,3,6,9-11H2,1-2H3. The van der Waals surface area contributed by atoms with Crippen molar-refractivity contribution in [1.29, 1.82) is 0 Å². The van der Waals surface area contributed by atoms with Gasteiger partial charge < -0.3 is 14.6 Å². The van der Waals surface area contributed by atoms with Crippen LogP contribution in [0.1, 0.15) is 26.3 Å². The predicted octanol–water partition coefficient (Wildman–Crippen LogP) is 2.61. The van der Waals surface area contributed by atoms with Crippen molar-refractivity contribution in [2.24, 2.45) is 0 Å². The third-order valence-electron chi connectivity index (χ3n) is 3.24. The minimum Gasteiger partial charge on any atom is -0.382 e. The van der Waals surface area contributed by atoms with Crippen molar-refractivity contribution < 1.29 is 4.74 Å². The first-order valence-corrected chi connectivity index (χ1v) is 7.03. The fourth-order valence-corrected chi connectivity index (χ4v) is 2.18. The van der Waals surface area contributed by atoms with E-state index in [0.29, 0.717) is 6.04 Å². The molecule has 0 amide bonds. The van der Waals surface area contributed by atoms with E-state index in [9.17, 15) is 0 Å². The van der Waals surface area contributed by atoms with E-state index in [2.05, 4.69) is 33.9 Å². The summed E-state index contributed by atoms with van der Waals surface area (Å²) < 4.78 is 7.54. The Hall–Kier alpha value is -1.39. The van der Waals surface area contributed by atoms with E-state index in [1.54, 1.807) is 0 Å². The van der Waals surface area contributed by atoms with Gasteiger partial charge in [0.25, 0.3) is 0 Å². The number of hydrogen-bond donors (Lipinski definition) is 1. The minimum atomic E-state index is 0.402. The van der Waals surface area contributed by atoms with Crippen LogP contribution in [-0.2, 0) is 4.74 Å². The van der Waals surface area contributed by atoms with Gasteiger partial charge >= 0.3 is 0 Å². The molecular formula is C15H23N3O. The SMILES string of the molecule is CCOCCCNCC(C)n1cnc2ccccc21. The van der Waals surface area contributed by atoms with Gasteiger partial charge in [-0.05, 0) is 38.9 Å². The van der Waals surface area contributed by atoms with Crippen molar-refractivity contribution in [2.75, 3.05) is 26.3 Å². The fourth-order valence-electron chi connectivity index (χ4n) is 2.18. The fraction of sp³-hybridized carbons (Fsp3) is 0.533. The molecule has 2 rings (SSSR count). The van der Waals surface area contributed by atoms with Crippen LogP contribution in [0.15, 0.2) is 30.6 Å². The number of ether oxygens (including phenoxy) is 1. The van der Waals surface area contributed by atoms with E-state index in [1.807, 2.05) is 25.4 Å². The summed E-state index contributed by atoms with van der Waals surface area (Å²) in [5.74, 6) is 0. The Morgan fingerprint density at radius 2 is 2.21 bits per heavy atom. The number of rotatable bonds is 8. The van der Waals surface area contributed by atoms with Crippen molar-refractivity contribution in [3.8, 4) is 0 Å². The Morgan fingerprint density at radius 1 is 1.37 bits per heavy atom. The maximum Gasteiger partial charge on any atom is 0.0961 e. The molecule has 0 bridgehead atoms. The van der Waals surface area contributed by atoms with Crippen LogP contribution in [0.5, 0.6) is 0 Å². The summed E-state index contributed by atoms with van der Waals surface area (Å²) in [6.07, 6.45) is 2.99. The van der Waals surface area contributed by atoms with Crippen molar-refractivity contribution >= 4 is 11.0 Å². The van der Waals surface area contributed by atoms with Crippen LogP contribution in [0.25, 0.3) is 11.0 Å². The predicted molar refractivity (Wildman–Crippen MR) is 78.4 cm³/mol. The molecule has 19 heavy (non-hydrogen) atoms. The summed E-state index contributed by atoms with van der Waals surface area (Å²) in [7, 11) is 0. The largest absolute Gasteiger partial charge is 0.382 e. The summed E-state index contributed by atoms with van der Waals surface area (Å²) in [5.41, 5.74) is 2.26. The van der Waals surface area contributed by atoms with Crippen LogP contribution in [0.2, 0.25) is 0 Å². The first-order valence-electron chi connectivity index (χ1n) is 7.03. The Labute approximate surface area is 114 Å². The van der Waals surface area contributed by atoms with Gasteiger partial charge in [0.15, 0.2) is 0 Å². The quantitative estimate of drug-likeness (QED) is 0.742. The lowest BCUT2D eigenvalue weighted by Crippen LogP contribution is -2.24. The normalized spacial score (nSPS) is 12.9. The average molecular weight is 261 g/mol. The van der Waals surface area contributed by atoms with E-state index in [1.165, 1.54) is 5.52 Å². The molecule has 0 aliphatic carbocycles. The van der Waals surface area contributed by atoms with E-state index in [4.69, 9.17) is 4.74 Å². The van der Waals surface area contributed by atoms with Gasteiger partial charge in [-0.2, -0.15) is 0 Å². The number of imidazole rings is 1. The topological polar surface area (TPSA) is 39.1 Å². The molecule has 0 aliphatic heterocycles. The zero-order chi connectivity index (χ0) is 13.5. The van der Waals surface area contributed by atoms with Crippen molar-refractivity contribution in [3.05, 3.63) is 30.6 Å². The maximum absolute atomic E-state index is 5.32. The highest BCUT2D eigenvalue weighted by Crippen LogP contribution is 2.16. The van der Waals surface area contributed by atoms with Gasteiger partial charge in [-0.3, -0.25) is 0 Å². The Balaban J connectivity index is 1.81. The zero-order valence-corrected chi connectivity index (χ0v) is 11.8. The molecule has 1 heterocycles. The summed E-state index contributed by atoms with van der Waals surface area (Å²) >= 11 is 0. The molecule has 1 atom stereocenters. The molecule has 0 saturated carbocycles. The lowest BCUT2D eigenvalue weighted by atomic mass is 10.2. The van der Waals surface area contributed by atoms with Gasteiger partial charge in [-0.25, -0.2) is 4.98 Å². The number of aromatic nitrogens is 2. The summed E-state index contributed by atoms with van der Waals surface area (Å²) in [6, 6.07) is 8.65. The van der Waals surface area contributed by atoms with E-state index in [0.717, 1.165) is 38.2 Å². The van der Waals surface area contributed by atoms with Crippen LogP contribution in [-0.4, -0.2) is 35.9 Å². The molecule has 0 aliphatic rings. The number of fused-ring (bicyclic) bond motifs is 1. The Kier molecular flexibility index (Phi) is 5.36. The molecule has 0 saturated heterocycles. The third kappa shape index (κ3) is 3.78. The molecule has 1 aromatic carbocycles. The number of hydrogen-bond acceptors (Lipinski definition) is 3. The van der Waals surface area contributed by atoms with E-state index in [-0.39, 0.29) is 0 Å². The second-order valence-corrected chi connectivity index (χ2v) is 4.74. The van der Waals surface area contributed by atoms with Crippen LogP contribution < -0.4 is 5.32 Å². The Bertz CT molecular complexity index is 495. The molecule has 2 aromatic rings. The number of nitrogens with zero attached hydrogens (tertiary/aromatic N) is 2. The summed E-state index contributed by atoms with van der Waals surface area (Å²) in [5, 5.41) is 3.47. The maximum atomic E-state index is 5.32. The molecule has 1 N–H and O–H groups in total. The molecular weight excluding hydrogens is 238 g/mol. The molecule has 4 heteroatoms. The second-order valence-electron chi connectivity index (χ2n) is 4.74. The van der Waals surface area contributed by atoms with E-state index < -0.39 is 0 Å². The molecule has 0 fully saturated rings. The smallest absolute Gasteiger partial charge is 0.0961 e. The molecule has 0 spiro atoms. The van der Waals surface area contributed by atoms with Crippen molar-refractivity contribution in [1.82, 2.24) is 14.9 Å². The molecule has 4 nitrogen and oxygen atoms in total. The molecule has 1 aromatic heterocycles. The van der Waals surface area contributed by atoms with Crippen LogP contribution in [0.3, 0.4) is 0 Å². The highest BCUT2D eigenvalue weighted by molar-refractivity contribution is 5.75. The van der Waals surface area contributed by atoms with Gasteiger partial charge in [0, 0.05) is 25.8 Å². The first kappa shape index (κ1) is 14.0. The highest BCUT2D eigenvalue weighted by atomic mass is 16.5. The second kappa shape index (κ2) is 7.26. The summed E-state index contributed by atoms with van der Waals surface area (Å²) in [6.45, 7) is 7.83. The third-order valence-corrected chi connectivity index (χ3v) is 3.24. The van der Waals surface area contributed by atoms with Crippen molar-refractivity contribution in [3.63, 3.8) is 0 Å². The lowest BCUT2D eigenvalue weighted by molar-refractivity contribution is 0.144. The number of nitrogens with one attached hydrogen (secondary N) is 1. The molecule has 104 valence electrons. The van der Waals surface area contributed by atoms with Crippen LogP contribution in [0.4, 0.5) is 0 Å². The monoisotopic (exact) mass is 261 g/mol.